The van der Waals surface area contributed by atoms with E-state index in [0.717, 1.165) is 54.4 Å². The molecule has 0 aliphatic heterocycles. The van der Waals surface area contributed by atoms with E-state index in [1.54, 1.807) is 25.7 Å². The van der Waals surface area contributed by atoms with E-state index in [1.165, 1.54) is 6.42 Å². The number of carbonyl (C=O) groups excluding carboxylic acids is 3. The Kier molecular flexibility index (Phi) is 13.7. The number of anilines is 1. The van der Waals surface area contributed by atoms with Crippen LogP contribution in [0.5, 0.6) is 0 Å². The van der Waals surface area contributed by atoms with Gasteiger partial charge in [0.1, 0.15) is 17.7 Å². The van der Waals surface area contributed by atoms with Crippen molar-refractivity contribution in [3.63, 3.8) is 0 Å². The van der Waals surface area contributed by atoms with E-state index >= 15 is 0 Å². The first kappa shape index (κ1) is 34.2. The third-order valence-corrected chi connectivity index (χ3v) is 7.26. The molecule has 0 aliphatic rings. The highest BCUT2D eigenvalue weighted by Crippen LogP contribution is 2.29. The summed E-state index contributed by atoms with van der Waals surface area (Å²) in [6, 6.07) is 11.6. The number of amides is 3. The number of ether oxygens (including phenoxy) is 1. The first-order valence-corrected chi connectivity index (χ1v) is 15.4. The Morgan fingerprint density at radius 2 is 1.59 bits per heavy atom. The third-order valence-electron chi connectivity index (χ3n) is 6.89. The molecule has 3 amide bonds. The standard InChI is InChI=1S/C33H49N3O4S/c1-8-9-10-11-12-15-20-36(31(38)28(22-41)35-32(39)40-33(5,6)7)29(26-19-18-23(2)21-25(26)4)30(37)34-27-17-14-13-16-24(27)3/h13-14,16-19,21,28-29,41H,8-12,15,20,22H2,1-7H3,(H,34,37)(H,35,39). The van der Waals surface area contributed by atoms with Gasteiger partial charge in [0, 0.05) is 18.0 Å². The van der Waals surface area contributed by atoms with Gasteiger partial charge in [-0.15, -0.1) is 0 Å². The molecule has 7 nitrogen and oxygen atoms in total. The second kappa shape index (κ2) is 16.4. The van der Waals surface area contributed by atoms with Crippen molar-refractivity contribution in [1.82, 2.24) is 10.2 Å². The molecule has 0 saturated heterocycles. The second-order valence-electron chi connectivity index (χ2n) is 11.7. The number of nitrogens with zero attached hydrogens (tertiary/aromatic N) is 1. The molecule has 0 spiro atoms. The van der Waals surface area contributed by atoms with Crippen molar-refractivity contribution in [1.29, 1.82) is 0 Å². The number of hydrogen-bond acceptors (Lipinski definition) is 5. The summed E-state index contributed by atoms with van der Waals surface area (Å²) in [6.07, 6.45) is 5.50. The quantitative estimate of drug-likeness (QED) is 0.161. The molecule has 0 heterocycles. The molecule has 0 fully saturated rings. The van der Waals surface area contributed by atoms with Crippen molar-refractivity contribution in [2.45, 2.75) is 105 Å². The van der Waals surface area contributed by atoms with Gasteiger partial charge in [-0.2, -0.15) is 12.6 Å². The molecule has 2 rings (SSSR count). The van der Waals surface area contributed by atoms with E-state index < -0.39 is 23.8 Å². The maximum Gasteiger partial charge on any atom is 0.408 e. The number of unbranched alkanes of at least 4 members (excludes halogenated alkanes) is 5. The maximum atomic E-state index is 14.2. The lowest BCUT2D eigenvalue weighted by Gasteiger charge is -2.35. The van der Waals surface area contributed by atoms with Crippen molar-refractivity contribution in [3.8, 4) is 0 Å². The number of carbonyl (C=O) groups is 3. The van der Waals surface area contributed by atoms with Crippen LogP contribution in [0.25, 0.3) is 0 Å². The van der Waals surface area contributed by atoms with E-state index in [9.17, 15) is 14.4 Å². The van der Waals surface area contributed by atoms with Crippen LogP contribution in [0.1, 0.15) is 94.5 Å². The number of nitrogens with one attached hydrogen (secondary N) is 2. The average Bonchev–Trinajstić information content (AvgIpc) is 2.89. The van der Waals surface area contributed by atoms with Gasteiger partial charge in [-0.25, -0.2) is 4.79 Å². The number of benzene rings is 2. The molecule has 2 aromatic rings. The monoisotopic (exact) mass is 583 g/mol. The van der Waals surface area contributed by atoms with Crippen LogP contribution >= 0.6 is 12.6 Å². The molecule has 226 valence electrons. The lowest BCUT2D eigenvalue weighted by atomic mass is 9.96. The average molecular weight is 584 g/mol. The molecule has 2 atom stereocenters. The summed E-state index contributed by atoms with van der Waals surface area (Å²) in [5.41, 5.74) is 3.62. The number of rotatable bonds is 14. The normalized spacial score (nSPS) is 12.8. The minimum Gasteiger partial charge on any atom is -0.444 e. The lowest BCUT2D eigenvalue weighted by Crippen LogP contribution is -2.53. The Morgan fingerprint density at radius 1 is 0.927 bits per heavy atom. The Morgan fingerprint density at radius 3 is 2.20 bits per heavy atom. The topological polar surface area (TPSA) is 87.7 Å². The molecule has 2 aromatic carbocycles. The van der Waals surface area contributed by atoms with Gasteiger partial charge < -0.3 is 20.3 Å². The lowest BCUT2D eigenvalue weighted by molar-refractivity contribution is -0.140. The summed E-state index contributed by atoms with van der Waals surface area (Å²) in [6.45, 7) is 13.7. The second-order valence-corrected chi connectivity index (χ2v) is 12.1. The zero-order valence-corrected chi connectivity index (χ0v) is 26.8. The largest absolute Gasteiger partial charge is 0.444 e. The predicted molar refractivity (Wildman–Crippen MR) is 171 cm³/mol. The zero-order chi connectivity index (χ0) is 30.6. The Balaban J connectivity index is 2.50. The fourth-order valence-corrected chi connectivity index (χ4v) is 5.01. The van der Waals surface area contributed by atoms with E-state index in [1.807, 2.05) is 63.2 Å². The Bertz CT molecular complexity index is 1160. The van der Waals surface area contributed by atoms with Gasteiger partial charge in [-0.05, 0) is 70.7 Å². The maximum absolute atomic E-state index is 14.2. The van der Waals surface area contributed by atoms with E-state index in [2.05, 4.69) is 30.2 Å². The Hall–Kier alpha value is -3.00. The number of alkyl carbamates (subject to hydrolysis) is 1. The van der Waals surface area contributed by atoms with Crippen LogP contribution in [0.3, 0.4) is 0 Å². The summed E-state index contributed by atoms with van der Waals surface area (Å²) >= 11 is 4.40. The van der Waals surface area contributed by atoms with Gasteiger partial charge in [0.2, 0.25) is 5.91 Å². The van der Waals surface area contributed by atoms with Crippen molar-refractivity contribution in [2.75, 3.05) is 17.6 Å². The van der Waals surface area contributed by atoms with Crippen molar-refractivity contribution < 1.29 is 19.1 Å². The molecule has 2 N–H and O–H groups in total. The number of hydrogen-bond donors (Lipinski definition) is 3. The molecule has 0 saturated carbocycles. The molecule has 41 heavy (non-hydrogen) atoms. The van der Waals surface area contributed by atoms with E-state index in [4.69, 9.17) is 4.74 Å². The van der Waals surface area contributed by atoms with Gasteiger partial charge in [-0.1, -0.05) is 81.0 Å². The molecule has 0 bridgehead atoms. The molecular formula is C33H49N3O4S. The predicted octanol–water partition coefficient (Wildman–Crippen LogP) is 7.30. The zero-order valence-electron chi connectivity index (χ0n) is 25.9. The summed E-state index contributed by atoms with van der Waals surface area (Å²) in [5, 5.41) is 5.76. The number of thiol groups is 1. The summed E-state index contributed by atoms with van der Waals surface area (Å²) in [4.78, 5) is 42.5. The van der Waals surface area contributed by atoms with E-state index in [-0.39, 0.29) is 17.6 Å². The van der Waals surface area contributed by atoms with Gasteiger partial charge in [0.15, 0.2) is 0 Å². The van der Waals surface area contributed by atoms with Crippen LogP contribution in [0, 0.1) is 20.8 Å². The summed E-state index contributed by atoms with van der Waals surface area (Å²) in [5.74, 6) is -0.616. The molecule has 8 heteroatoms. The SMILES string of the molecule is CCCCCCCCN(C(=O)C(CS)NC(=O)OC(C)(C)C)C(C(=O)Nc1ccccc1C)c1ccc(C)cc1C. The van der Waals surface area contributed by atoms with Crippen LogP contribution in [-0.4, -0.2) is 46.7 Å². The van der Waals surface area contributed by atoms with Gasteiger partial charge in [-0.3, -0.25) is 9.59 Å². The van der Waals surface area contributed by atoms with Gasteiger partial charge >= 0.3 is 6.09 Å². The van der Waals surface area contributed by atoms with Crippen molar-refractivity contribution in [3.05, 3.63) is 64.7 Å². The fraction of sp³-hybridized carbons (Fsp3) is 0.545. The molecule has 0 aliphatic carbocycles. The summed E-state index contributed by atoms with van der Waals surface area (Å²) < 4.78 is 5.42. The molecular weight excluding hydrogens is 534 g/mol. The van der Waals surface area contributed by atoms with Crippen LogP contribution in [-0.2, 0) is 14.3 Å². The van der Waals surface area contributed by atoms with Crippen LogP contribution in [0.15, 0.2) is 42.5 Å². The number of aryl methyl sites for hydroxylation is 3. The van der Waals surface area contributed by atoms with E-state index in [0.29, 0.717) is 12.2 Å². The van der Waals surface area contributed by atoms with Crippen LogP contribution < -0.4 is 10.6 Å². The highest BCUT2D eigenvalue weighted by atomic mass is 32.1. The first-order valence-electron chi connectivity index (χ1n) is 14.7. The smallest absolute Gasteiger partial charge is 0.408 e. The molecule has 0 radical (unpaired) electrons. The van der Waals surface area contributed by atoms with Crippen LogP contribution in [0.2, 0.25) is 0 Å². The van der Waals surface area contributed by atoms with Gasteiger partial charge in [0.25, 0.3) is 5.91 Å². The van der Waals surface area contributed by atoms with Crippen molar-refractivity contribution >= 4 is 36.2 Å². The number of para-hydroxylation sites is 1. The minimum absolute atomic E-state index is 0.0596. The molecule has 2 unspecified atom stereocenters. The van der Waals surface area contributed by atoms with Crippen LogP contribution in [0.4, 0.5) is 10.5 Å². The summed E-state index contributed by atoms with van der Waals surface area (Å²) in [7, 11) is 0. The van der Waals surface area contributed by atoms with Crippen molar-refractivity contribution in [2.24, 2.45) is 0 Å². The fourth-order valence-electron chi connectivity index (χ4n) is 4.76. The van der Waals surface area contributed by atoms with Gasteiger partial charge in [0.05, 0.1) is 0 Å². The first-order chi connectivity index (χ1) is 19.4. The Labute approximate surface area is 252 Å². The minimum atomic E-state index is -0.965. The highest BCUT2D eigenvalue weighted by molar-refractivity contribution is 7.80. The third kappa shape index (κ3) is 11.1. The highest BCUT2D eigenvalue weighted by Gasteiger charge is 2.36. The molecule has 0 aromatic heterocycles.